The Morgan fingerprint density at radius 2 is 1.69 bits per heavy atom. The summed E-state index contributed by atoms with van der Waals surface area (Å²) < 4.78 is 1.30. The van der Waals surface area contributed by atoms with Gasteiger partial charge in [0.05, 0.1) is 10.9 Å². The second-order valence-electron chi connectivity index (χ2n) is 7.98. The monoisotopic (exact) mass is 528 g/mol. The van der Waals surface area contributed by atoms with E-state index in [9.17, 15) is 24.0 Å². The van der Waals surface area contributed by atoms with Gasteiger partial charge >= 0.3 is 10.9 Å². The fourth-order valence-electron chi connectivity index (χ4n) is 4.37. The Labute approximate surface area is 211 Å². The first kappa shape index (κ1) is 23.3. The number of urea groups is 1. The van der Waals surface area contributed by atoms with Gasteiger partial charge in [-0.1, -0.05) is 65.0 Å². The van der Waals surface area contributed by atoms with Crippen molar-refractivity contribution < 1.29 is 19.2 Å². The highest BCUT2D eigenvalue weighted by atomic mass is 35.5. The van der Waals surface area contributed by atoms with Gasteiger partial charge in [0.2, 0.25) is 11.8 Å². The van der Waals surface area contributed by atoms with Crippen molar-refractivity contribution in [1.82, 2.24) is 9.47 Å². The van der Waals surface area contributed by atoms with Crippen LogP contribution >= 0.6 is 34.7 Å². The number of carbonyl (C=O) groups excluding carboxylic acids is 4. The predicted molar refractivity (Wildman–Crippen MR) is 132 cm³/mol. The number of imide groups is 3. The van der Waals surface area contributed by atoms with Gasteiger partial charge in [0.25, 0.3) is 5.91 Å². The van der Waals surface area contributed by atoms with Crippen LogP contribution in [0.2, 0.25) is 5.02 Å². The maximum Gasteiger partial charge on any atom is 0.328 e. The molecular weight excluding hydrogens is 512 g/mol. The molecule has 0 spiro atoms. The smallest absolute Gasteiger partial charge is 0.328 e. The molecule has 5 amide bonds. The summed E-state index contributed by atoms with van der Waals surface area (Å²) in [5.74, 6) is -3.39. The normalized spacial score (nSPS) is 20.9. The number of fused-ring (bicyclic) bond motifs is 2. The molecule has 0 aliphatic carbocycles. The molecule has 2 aromatic carbocycles. The molecule has 1 saturated heterocycles. The highest BCUT2D eigenvalue weighted by Crippen LogP contribution is 2.53. The number of hydrogen-bond acceptors (Lipinski definition) is 7. The van der Waals surface area contributed by atoms with E-state index in [4.69, 9.17) is 17.3 Å². The van der Waals surface area contributed by atoms with E-state index in [1.807, 2.05) is 6.07 Å². The molecule has 0 radical (unpaired) electrons. The topological polar surface area (TPSA) is 132 Å². The summed E-state index contributed by atoms with van der Waals surface area (Å²) >= 11 is 7.82. The molecule has 2 aliphatic heterocycles. The predicted octanol–water partition coefficient (Wildman–Crippen LogP) is 2.87. The quantitative estimate of drug-likeness (QED) is 0.500. The van der Waals surface area contributed by atoms with Gasteiger partial charge in [-0.3, -0.25) is 23.7 Å². The van der Waals surface area contributed by atoms with Gasteiger partial charge in [-0.05, 0) is 29.8 Å². The largest absolute Gasteiger partial charge is 0.351 e. The summed E-state index contributed by atoms with van der Waals surface area (Å²) in [6, 6.07) is 14.4. The van der Waals surface area contributed by atoms with E-state index in [2.05, 4.69) is 5.32 Å². The Kier molecular flexibility index (Phi) is 5.99. The first-order chi connectivity index (χ1) is 16.8. The molecular formula is C23H17ClN4O5S2. The summed E-state index contributed by atoms with van der Waals surface area (Å²) in [5, 5.41) is 2.71. The van der Waals surface area contributed by atoms with E-state index in [1.54, 1.807) is 48.5 Å². The van der Waals surface area contributed by atoms with E-state index in [-0.39, 0.29) is 11.4 Å². The Balaban J connectivity index is 1.55. The maximum absolute atomic E-state index is 13.1. The number of amides is 5. The van der Waals surface area contributed by atoms with Crippen LogP contribution in [0.3, 0.4) is 0 Å². The van der Waals surface area contributed by atoms with Crippen LogP contribution in [0.5, 0.6) is 0 Å². The highest BCUT2D eigenvalue weighted by molar-refractivity contribution is 8.00. The molecule has 178 valence electrons. The molecule has 1 fully saturated rings. The fraction of sp³-hybridized carbons (Fsp3) is 0.174. The first-order valence-corrected chi connectivity index (χ1v) is 12.5. The third-order valence-corrected chi connectivity index (χ3v) is 8.71. The lowest BCUT2D eigenvalue weighted by molar-refractivity contribution is -0.135. The third-order valence-electron chi connectivity index (χ3n) is 5.86. The van der Waals surface area contributed by atoms with Crippen molar-refractivity contribution in [1.29, 1.82) is 0 Å². The van der Waals surface area contributed by atoms with Crippen LogP contribution in [0.15, 0.2) is 64.4 Å². The lowest BCUT2D eigenvalue weighted by atomic mass is 9.83. The summed E-state index contributed by atoms with van der Waals surface area (Å²) in [7, 11) is 0. The molecule has 2 unspecified atom stereocenters. The minimum atomic E-state index is -1.13. The number of thiazole rings is 1. The van der Waals surface area contributed by atoms with Crippen LogP contribution in [0, 0.1) is 5.92 Å². The minimum Gasteiger partial charge on any atom is -0.351 e. The van der Waals surface area contributed by atoms with Crippen LogP contribution < -0.4 is 15.9 Å². The Bertz CT molecular complexity index is 1420. The average molecular weight is 529 g/mol. The first-order valence-electron chi connectivity index (χ1n) is 10.4. The van der Waals surface area contributed by atoms with Crippen LogP contribution in [0.1, 0.15) is 16.4 Å². The lowest BCUT2D eigenvalue weighted by Crippen LogP contribution is -2.41. The van der Waals surface area contributed by atoms with Crippen LogP contribution in [-0.2, 0) is 20.9 Å². The molecule has 2 aliphatic rings. The third kappa shape index (κ3) is 4.05. The summed E-state index contributed by atoms with van der Waals surface area (Å²) in [6.07, 6.45) is 0. The molecule has 3 atom stereocenters. The van der Waals surface area contributed by atoms with Gasteiger partial charge < -0.3 is 11.1 Å². The maximum atomic E-state index is 13.1. The van der Waals surface area contributed by atoms with Gasteiger partial charge in [0, 0.05) is 21.5 Å². The number of aromatic nitrogens is 1. The standard InChI is InChI=1S/C23H17ClN4O5S2/c24-12-6-8-13(9-7-12)26-14(29)10-27-21-18(35-23(27)33)15(11-4-2-1-3-5-11)16-17(34-21)20(31)28(19(16)30)22(25)32/h1-9,15-17H,10H2,(H2,25,32)(H,26,29)/t15-,16?,17?/m0/s1. The van der Waals surface area contributed by atoms with E-state index in [1.165, 1.54) is 4.57 Å². The van der Waals surface area contributed by atoms with Crippen molar-refractivity contribution in [3.05, 3.63) is 79.7 Å². The molecule has 35 heavy (non-hydrogen) atoms. The van der Waals surface area contributed by atoms with E-state index in [0.29, 0.717) is 25.5 Å². The SMILES string of the molecule is NC(=O)N1C(=O)C2Sc3c(sc(=O)n3CC(=O)Nc3ccc(Cl)cc3)[C@@H](c3ccccc3)C2C1=O. The molecule has 1 aromatic heterocycles. The highest BCUT2D eigenvalue weighted by Gasteiger charge is 2.57. The molecule has 3 aromatic rings. The Morgan fingerprint density at radius 3 is 2.34 bits per heavy atom. The van der Waals surface area contributed by atoms with Gasteiger partial charge in [0.15, 0.2) is 0 Å². The van der Waals surface area contributed by atoms with Crippen molar-refractivity contribution in [2.75, 3.05) is 5.32 Å². The molecule has 9 nitrogen and oxygen atoms in total. The number of halogens is 1. The zero-order chi connectivity index (χ0) is 24.9. The summed E-state index contributed by atoms with van der Waals surface area (Å²) in [4.78, 5) is 64.4. The molecule has 0 saturated carbocycles. The van der Waals surface area contributed by atoms with Crippen molar-refractivity contribution in [2.24, 2.45) is 11.7 Å². The van der Waals surface area contributed by atoms with Crippen LogP contribution in [0.25, 0.3) is 0 Å². The van der Waals surface area contributed by atoms with E-state index in [0.717, 1.165) is 28.7 Å². The van der Waals surface area contributed by atoms with Crippen LogP contribution in [-0.4, -0.2) is 38.5 Å². The second kappa shape index (κ2) is 8.99. The summed E-state index contributed by atoms with van der Waals surface area (Å²) in [6.45, 7) is -0.291. The fourth-order valence-corrected chi connectivity index (χ4v) is 7.27. The van der Waals surface area contributed by atoms with Crippen molar-refractivity contribution in [2.45, 2.75) is 22.7 Å². The van der Waals surface area contributed by atoms with Crippen molar-refractivity contribution in [3.8, 4) is 0 Å². The van der Waals surface area contributed by atoms with E-state index >= 15 is 0 Å². The minimum absolute atomic E-state index is 0.291. The van der Waals surface area contributed by atoms with Gasteiger partial charge in [-0.15, -0.1) is 0 Å². The number of rotatable bonds is 4. The molecule has 5 rings (SSSR count). The molecule has 12 heteroatoms. The number of primary amides is 1. The second-order valence-corrected chi connectivity index (χ2v) is 10.5. The molecule has 3 heterocycles. The van der Waals surface area contributed by atoms with Gasteiger partial charge in [0.1, 0.15) is 11.8 Å². The average Bonchev–Trinajstić information content (AvgIpc) is 3.27. The Hall–Kier alpha value is -3.41. The van der Waals surface area contributed by atoms with Crippen molar-refractivity contribution >= 4 is 64.1 Å². The van der Waals surface area contributed by atoms with Gasteiger partial charge in [-0.25, -0.2) is 4.79 Å². The lowest BCUT2D eigenvalue weighted by Gasteiger charge is -2.30. The number of thioether (sulfide) groups is 1. The van der Waals surface area contributed by atoms with Gasteiger partial charge in [-0.2, -0.15) is 4.90 Å². The number of nitrogens with zero attached hydrogens (tertiary/aromatic N) is 2. The number of hydrogen-bond donors (Lipinski definition) is 2. The van der Waals surface area contributed by atoms with Crippen molar-refractivity contribution in [3.63, 3.8) is 0 Å². The zero-order valence-corrected chi connectivity index (χ0v) is 20.2. The number of benzene rings is 2. The van der Waals surface area contributed by atoms with E-state index < -0.39 is 40.8 Å². The number of nitrogens with one attached hydrogen (secondary N) is 1. The number of anilines is 1. The number of carbonyl (C=O) groups is 4. The van der Waals surface area contributed by atoms with Crippen LogP contribution in [0.4, 0.5) is 10.5 Å². The summed E-state index contributed by atoms with van der Waals surface area (Å²) in [5.41, 5.74) is 6.55. The molecule has 3 N–H and O–H groups in total. The number of nitrogens with two attached hydrogens (primary N) is 1. The Morgan fingerprint density at radius 1 is 1.00 bits per heavy atom. The number of likely N-dealkylation sites (tertiary alicyclic amines) is 1. The molecule has 0 bridgehead atoms. The zero-order valence-electron chi connectivity index (χ0n) is 17.8.